The standard InChI is InChI=1S/C12H12N4O/c1-2-16-12(11(8-13)14-15-16)9-17-10-6-4-3-5-7-10/h3-7H,2,9H2,1H3. The van der Waals surface area contributed by atoms with E-state index in [1.807, 2.05) is 43.3 Å². The fraction of sp³-hybridized carbons (Fsp3) is 0.250. The molecule has 0 atom stereocenters. The molecule has 0 fully saturated rings. The Bertz CT molecular complexity index is 527. The zero-order chi connectivity index (χ0) is 12.1. The summed E-state index contributed by atoms with van der Waals surface area (Å²) < 4.78 is 7.25. The van der Waals surface area contributed by atoms with Crippen molar-refractivity contribution in [3.8, 4) is 11.8 Å². The van der Waals surface area contributed by atoms with Crippen LogP contribution in [0.15, 0.2) is 30.3 Å². The highest BCUT2D eigenvalue weighted by molar-refractivity contribution is 5.26. The van der Waals surface area contributed by atoms with Crippen LogP contribution in [-0.4, -0.2) is 15.0 Å². The third-order valence-electron chi connectivity index (χ3n) is 2.36. The van der Waals surface area contributed by atoms with Crippen LogP contribution in [0, 0.1) is 11.3 Å². The van der Waals surface area contributed by atoms with Crippen LogP contribution >= 0.6 is 0 Å². The third kappa shape index (κ3) is 2.42. The molecule has 1 heterocycles. The van der Waals surface area contributed by atoms with Crippen LogP contribution in [0.1, 0.15) is 18.3 Å². The molecule has 0 saturated heterocycles. The number of nitriles is 1. The molecule has 86 valence electrons. The molecule has 2 aromatic rings. The number of benzene rings is 1. The van der Waals surface area contributed by atoms with Gasteiger partial charge in [-0.15, -0.1) is 5.10 Å². The van der Waals surface area contributed by atoms with Crippen molar-refractivity contribution in [3.63, 3.8) is 0 Å². The van der Waals surface area contributed by atoms with Gasteiger partial charge in [0.2, 0.25) is 0 Å². The molecule has 5 heteroatoms. The summed E-state index contributed by atoms with van der Waals surface area (Å²) in [4.78, 5) is 0. The number of para-hydroxylation sites is 1. The minimum atomic E-state index is 0.299. The minimum Gasteiger partial charge on any atom is -0.487 e. The van der Waals surface area contributed by atoms with Gasteiger partial charge < -0.3 is 4.74 Å². The van der Waals surface area contributed by atoms with Crippen LogP contribution in [0.5, 0.6) is 5.75 Å². The van der Waals surface area contributed by atoms with Gasteiger partial charge in [0.25, 0.3) is 0 Å². The van der Waals surface area contributed by atoms with Crippen molar-refractivity contribution < 1.29 is 4.74 Å². The maximum Gasteiger partial charge on any atom is 0.189 e. The summed E-state index contributed by atoms with van der Waals surface area (Å²) in [6.45, 7) is 2.91. The van der Waals surface area contributed by atoms with Gasteiger partial charge in [0.1, 0.15) is 24.1 Å². The van der Waals surface area contributed by atoms with E-state index >= 15 is 0 Å². The van der Waals surface area contributed by atoms with E-state index in [2.05, 4.69) is 10.3 Å². The fourth-order valence-corrected chi connectivity index (χ4v) is 1.48. The maximum absolute atomic E-state index is 8.90. The van der Waals surface area contributed by atoms with Gasteiger partial charge in [0.15, 0.2) is 5.69 Å². The van der Waals surface area contributed by atoms with Gasteiger partial charge in [-0.1, -0.05) is 23.4 Å². The maximum atomic E-state index is 8.90. The monoisotopic (exact) mass is 228 g/mol. The molecular weight excluding hydrogens is 216 g/mol. The highest BCUT2D eigenvalue weighted by Crippen LogP contribution is 2.12. The van der Waals surface area contributed by atoms with Gasteiger partial charge in [-0.25, -0.2) is 4.68 Å². The van der Waals surface area contributed by atoms with Crippen molar-refractivity contribution in [1.82, 2.24) is 15.0 Å². The van der Waals surface area contributed by atoms with E-state index in [4.69, 9.17) is 10.00 Å². The molecule has 2 rings (SSSR count). The number of aryl methyl sites for hydroxylation is 1. The lowest BCUT2D eigenvalue weighted by Crippen LogP contribution is -2.07. The molecular formula is C12H12N4O. The number of rotatable bonds is 4. The van der Waals surface area contributed by atoms with Gasteiger partial charge >= 0.3 is 0 Å². The first kappa shape index (κ1) is 11.1. The van der Waals surface area contributed by atoms with Gasteiger partial charge in [0.05, 0.1) is 0 Å². The first-order valence-electron chi connectivity index (χ1n) is 5.35. The first-order chi connectivity index (χ1) is 8.35. The molecule has 0 N–H and O–H groups in total. The molecule has 0 unspecified atom stereocenters. The van der Waals surface area contributed by atoms with E-state index in [0.29, 0.717) is 24.5 Å². The summed E-state index contributed by atoms with van der Waals surface area (Å²) in [5.41, 5.74) is 1.03. The average Bonchev–Trinajstić information content (AvgIpc) is 2.79. The number of nitrogens with zero attached hydrogens (tertiary/aromatic N) is 4. The molecule has 0 aliphatic carbocycles. The lowest BCUT2D eigenvalue weighted by Gasteiger charge is -2.06. The zero-order valence-electron chi connectivity index (χ0n) is 9.50. The predicted molar refractivity (Wildman–Crippen MR) is 61.2 cm³/mol. The van der Waals surface area contributed by atoms with Crippen molar-refractivity contribution in [2.75, 3.05) is 0 Å². The van der Waals surface area contributed by atoms with Gasteiger partial charge in [-0.3, -0.25) is 0 Å². The number of aromatic nitrogens is 3. The SMILES string of the molecule is CCn1nnc(C#N)c1COc1ccccc1. The molecule has 0 radical (unpaired) electrons. The highest BCUT2D eigenvalue weighted by atomic mass is 16.5. The van der Waals surface area contributed by atoms with Crippen LogP contribution in [0.2, 0.25) is 0 Å². The fourth-order valence-electron chi connectivity index (χ4n) is 1.48. The first-order valence-corrected chi connectivity index (χ1v) is 5.35. The smallest absolute Gasteiger partial charge is 0.189 e. The van der Waals surface area contributed by atoms with E-state index in [-0.39, 0.29) is 0 Å². The Morgan fingerprint density at radius 3 is 2.76 bits per heavy atom. The van der Waals surface area contributed by atoms with Crippen molar-refractivity contribution >= 4 is 0 Å². The minimum absolute atomic E-state index is 0.299. The number of hydrogen-bond donors (Lipinski definition) is 0. The third-order valence-corrected chi connectivity index (χ3v) is 2.36. The molecule has 1 aromatic heterocycles. The average molecular weight is 228 g/mol. The summed E-state index contributed by atoms with van der Waals surface area (Å²) in [5.74, 6) is 0.764. The molecule has 0 spiro atoms. The summed E-state index contributed by atoms with van der Waals surface area (Å²) in [6.07, 6.45) is 0. The second kappa shape index (κ2) is 5.12. The molecule has 1 aromatic carbocycles. The van der Waals surface area contributed by atoms with Crippen molar-refractivity contribution in [3.05, 3.63) is 41.7 Å². The number of hydrogen-bond acceptors (Lipinski definition) is 4. The predicted octanol–water partition coefficient (Wildman–Crippen LogP) is 1.75. The molecule has 0 bridgehead atoms. The van der Waals surface area contributed by atoms with Crippen LogP contribution in [0.25, 0.3) is 0 Å². The van der Waals surface area contributed by atoms with Gasteiger partial charge in [0, 0.05) is 6.54 Å². The Morgan fingerprint density at radius 1 is 1.35 bits per heavy atom. The summed E-state index contributed by atoms with van der Waals surface area (Å²) in [5, 5.41) is 16.6. The summed E-state index contributed by atoms with van der Waals surface area (Å²) >= 11 is 0. The number of ether oxygens (including phenoxy) is 1. The Hall–Kier alpha value is -2.35. The Kier molecular flexibility index (Phi) is 3.36. The molecule has 0 aliphatic heterocycles. The normalized spacial score (nSPS) is 9.88. The van der Waals surface area contributed by atoms with E-state index in [0.717, 1.165) is 5.75 Å². The van der Waals surface area contributed by atoms with E-state index in [9.17, 15) is 0 Å². The van der Waals surface area contributed by atoms with Gasteiger partial charge in [-0.2, -0.15) is 5.26 Å². The highest BCUT2D eigenvalue weighted by Gasteiger charge is 2.11. The quantitative estimate of drug-likeness (QED) is 0.799. The zero-order valence-corrected chi connectivity index (χ0v) is 9.50. The Labute approximate surface area is 99.2 Å². The molecule has 0 aliphatic rings. The van der Waals surface area contributed by atoms with Gasteiger partial charge in [-0.05, 0) is 19.1 Å². The van der Waals surface area contributed by atoms with E-state index in [1.54, 1.807) is 4.68 Å². The molecule has 17 heavy (non-hydrogen) atoms. The largest absolute Gasteiger partial charge is 0.487 e. The van der Waals surface area contributed by atoms with Crippen LogP contribution in [0.4, 0.5) is 0 Å². The van der Waals surface area contributed by atoms with Crippen molar-refractivity contribution in [2.45, 2.75) is 20.1 Å². The second-order valence-corrected chi connectivity index (χ2v) is 3.41. The Morgan fingerprint density at radius 2 is 2.12 bits per heavy atom. The van der Waals surface area contributed by atoms with Crippen LogP contribution < -0.4 is 4.74 Å². The Balaban J connectivity index is 2.14. The van der Waals surface area contributed by atoms with E-state index < -0.39 is 0 Å². The molecule has 0 amide bonds. The lowest BCUT2D eigenvalue weighted by atomic mass is 10.3. The van der Waals surface area contributed by atoms with E-state index in [1.165, 1.54) is 0 Å². The molecule has 5 nitrogen and oxygen atoms in total. The summed E-state index contributed by atoms with van der Waals surface area (Å²) in [7, 11) is 0. The van der Waals surface area contributed by atoms with Crippen LogP contribution in [-0.2, 0) is 13.2 Å². The molecule has 0 saturated carbocycles. The van der Waals surface area contributed by atoms with Crippen LogP contribution in [0.3, 0.4) is 0 Å². The van der Waals surface area contributed by atoms with Crippen molar-refractivity contribution in [1.29, 1.82) is 5.26 Å². The second-order valence-electron chi connectivity index (χ2n) is 3.41. The topological polar surface area (TPSA) is 63.7 Å². The van der Waals surface area contributed by atoms with Crippen molar-refractivity contribution in [2.24, 2.45) is 0 Å². The lowest BCUT2D eigenvalue weighted by molar-refractivity contribution is 0.292. The summed E-state index contributed by atoms with van der Waals surface area (Å²) in [6, 6.07) is 11.5.